The van der Waals surface area contributed by atoms with Gasteiger partial charge in [0.25, 0.3) is 0 Å². The van der Waals surface area contributed by atoms with Gasteiger partial charge in [0.2, 0.25) is 0 Å². The van der Waals surface area contributed by atoms with E-state index in [0.29, 0.717) is 0 Å². The second-order valence-corrected chi connectivity index (χ2v) is 2.12. The lowest BCUT2D eigenvalue weighted by Gasteiger charge is -2.33. The number of carboxylic acids is 1. The number of rotatable bonds is 1. The summed E-state index contributed by atoms with van der Waals surface area (Å²) in [5, 5.41) is 8.36. The van der Waals surface area contributed by atoms with Gasteiger partial charge in [-0.1, -0.05) is 0 Å². The molecule has 46 valence electrons. The molecule has 0 spiro atoms. The molecule has 0 radical (unpaired) electrons. The molecule has 1 heterocycles. The van der Waals surface area contributed by atoms with E-state index in [4.69, 9.17) is 5.11 Å². The van der Waals surface area contributed by atoms with Gasteiger partial charge in [-0.15, -0.1) is 0 Å². The van der Waals surface area contributed by atoms with Gasteiger partial charge >= 0.3 is 5.97 Å². The van der Waals surface area contributed by atoms with Crippen molar-refractivity contribution in [3.05, 3.63) is 0 Å². The third-order valence-electron chi connectivity index (χ3n) is 1.57. The van der Waals surface area contributed by atoms with Crippen LogP contribution in [0.25, 0.3) is 0 Å². The lowest BCUT2D eigenvalue weighted by Crippen LogP contribution is -2.49. The molecule has 1 aliphatic heterocycles. The number of aliphatic carboxylic acids is 1. The molecule has 1 N–H and O–H groups in total. The number of likely N-dealkylation sites (N-methyl/N-ethyl adjacent to an activating group) is 1. The zero-order valence-electron chi connectivity index (χ0n) is 4.79. The predicted molar refractivity (Wildman–Crippen MR) is 28.7 cm³/mol. The highest BCUT2D eigenvalue weighted by Gasteiger charge is 2.30. The van der Waals surface area contributed by atoms with Crippen molar-refractivity contribution in [2.45, 2.75) is 12.5 Å². The van der Waals surface area contributed by atoms with Crippen molar-refractivity contribution < 1.29 is 9.90 Å². The van der Waals surface area contributed by atoms with Crippen molar-refractivity contribution in [2.24, 2.45) is 0 Å². The van der Waals surface area contributed by atoms with Crippen molar-refractivity contribution in [1.82, 2.24) is 4.90 Å². The first kappa shape index (κ1) is 5.56. The Morgan fingerprint density at radius 1 is 1.88 bits per heavy atom. The average Bonchev–Trinajstić information content (AvgIpc) is 1.61. The Morgan fingerprint density at radius 3 is 2.50 bits per heavy atom. The average molecular weight is 115 g/mol. The Balaban J connectivity index is 2.37. The standard InChI is InChI=1S/C5H9NO2/c1-6-3-2-4(6)5(7)8/h4H,2-3H2,1H3,(H,7,8)/t4-/m0/s1. The van der Waals surface area contributed by atoms with E-state index in [0.717, 1.165) is 13.0 Å². The highest BCUT2D eigenvalue weighted by molar-refractivity contribution is 5.74. The monoisotopic (exact) mass is 115 g/mol. The minimum atomic E-state index is -0.696. The molecule has 1 saturated heterocycles. The SMILES string of the molecule is CN1CC[C@H]1C(=O)O. The second kappa shape index (κ2) is 1.74. The van der Waals surface area contributed by atoms with Gasteiger partial charge in [0.05, 0.1) is 0 Å². The maximum Gasteiger partial charge on any atom is 0.320 e. The summed E-state index contributed by atoms with van der Waals surface area (Å²) >= 11 is 0. The molecule has 1 aliphatic rings. The summed E-state index contributed by atoms with van der Waals surface area (Å²) in [6, 6.07) is -0.199. The minimum Gasteiger partial charge on any atom is -0.480 e. The zero-order valence-corrected chi connectivity index (χ0v) is 4.79. The van der Waals surface area contributed by atoms with Crippen molar-refractivity contribution in [1.29, 1.82) is 0 Å². The van der Waals surface area contributed by atoms with Gasteiger partial charge in [-0.05, 0) is 13.5 Å². The molecule has 3 nitrogen and oxygen atoms in total. The van der Waals surface area contributed by atoms with Gasteiger partial charge in [-0.3, -0.25) is 9.69 Å². The molecule has 3 heteroatoms. The molecule has 0 unspecified atom stereocenters. The largest absolute Gasteiger partial charge is 0.480 e. The third kappa shape index (κ3) is 0.690. The van der Waals surface area contributed by atoms with Crippen LogP contribution in [0.15, 0.2) is 0 Å². The van der Waals surface area contributed by atoms with Crippen molar-refractivity contribution in [2.75, 3.05) is 13.6 Å². The Bertz CT molecular complexity index is 113. The summed E-state index contributed by atoms with van der Waals surface area (Å²) < 4.78 is 0. The molecule has 0 saturated carbocycles. The minimum absolute atomic E-state index is 0.199. The van der Waals surface area contributed by atoms with E-state index >= 15 is 0 Å². The van der Waals surface area contributed by atoms with Gasteiger partial charge in [0.1, 0.15) is 6.04 Å². The van der Waals surface area contributed by atoms with Crippen LogP contribution in [0.5, 0.6) is 0 Å². The third-order valence-corrected chi connectivity index (χ3v) is 1.57. The fourth-order valence-electron chi connectivity index (χ4n) is 0.828. The van der Waals surface area contributed by atoms with E-state index in [1.165, 1.54) is 0 Å². The molecule has 1 rings (SSSR count). The summed E-state index contributed by atoms with van der Waals surface area (Å²) in [4.78, 5) is 12.0. The fourth-order valence-corrected chi connectivity index (χ4v) is 0.828. The van der Waals surface area contributed by atoms with Crippen LogP contribution >= 0.6 is 0 Å². The van der Waals surface area contributed by atoms with Gasteiger partial charge in [0.15, 0.2) is 0 Å². The van der Waals surface area contributed by atoms with Crippen molar-refractivity contribution >= 4 is 5.97 Å². The Kier molecular flexibility index (Phi) is 1.21. The Morgan fingerprint density at radius 2 is 2.50 bits per heavy atom. The molecule has 1 atom stereocenters. The highest BCUT2D eigenvalue weighted by atomic mass is 16.4. The molecule has 0 aliphatic carbocycles. The topological polar surface area (TPSA) is 40.5 Å². The number of carboxylic acid groups (broad SMARTS) is 1. The van der Waals surface area contributed by atoms with Crippen LogP contribution in [-0.4, -0.2) is 35.6 Å². The smallest absolute Gasteiger partial charge is 0.320 e. The molecule has 8 heavy (non-hydrogen) atoms. The van der Waals surface area contributed by atoms with E-state index in [1.54, 1.807) is 0 Å². The molecule has 0 aromatic carbocycles. The van der Waals surface area contributed by atoms with Crippen LogP contribution in [0.1, 0.15) is 6.42 Å². The van der Waals surface area contributed by atoms with E-state index in [-0.39, 0.29) is 6.04 Å². The first-order chi connectivity index (χ1) is 3.72. The van der Waals surface area contributed by atoms with Crippen LogP contribution in [0.2, 0.25) is 0 Å². The van der Waals surface area contributed by atoms with Gasteiger partial charge < -0.3 is 5.11 Å². The first-order valence-corrected chi connectivity index (χ1v) is 2.65. The highest BCUT2D eigenvalue weighted by Crippen LogP contribution is 2.13. The Hall–Kier alpha value is -0.570. The maximum absolute atomic E-state index is 10.2. The quantitative estimate of drug-likeness (QED) is 0.513. The van der Waals surface area contributed by atoms with Gasteiger partial charge in [-0.2, -0.15) is 0 Å². The number of carbonyl (C=O) groups is 1. The Labute approximate surface area is 47.9 Å². The first-order valence-electron chi connectivity index (χ1n) is 2.65. The van der Waals surface area contributed by atoms with E-state index < -0.39 is 5.97 Å². The van der Waals surface area contributed by atoms with Crippen LogP contribution in [0.4, 0.5) is 0 Å². The normalized spacial score (nSPS) is 29.4. The summed E-state index contributed by atoms with van der Waals surface area (Å²) in [5.41, 5.74) is 0. The van der Waals surface area contributed by atoms with Crippen LogP contribution in [-0.2, 0) is 4.79 Å². The molecule has 1 fully saturated rings. The molecule has 0 aromatic heterocycles. The predicted octanol–water partition coefficient (Wildman–Crippen LogP) is -0.225. The summed E-state index contributed by atoms with van der Waals surface area (Å²) in [7, 11) is 1.82. The molecule has 0 amide bonds. The number of hydrogen-bond donors (Lipinski definition) is 1. The zero-order chi connectivity index (χ0) is 6.15. The van der Waals surface area contributed by atoms with Crippen LogP contribution < -0.4 is 0 Å². The van der Waals surface area contributed by atoms with Crippen molar-refractivity contribution in [3.8, 4) is 0 Å². The van der Waals surface area contributed by atoms with Crippen LogP contribution in [0, 0.1) is 0 Å². The summed E-state index contributed by atoms with van der Waals surface area (Å²) in [6.07, 6.45) is 0.811. The lowest BCUT2D eigenvalue weighted by molar-refractivity contribution is -0.146. The fraction of sp³-hybridized carbons (Fsp3) is 0.800. The van der Waals surface area contributed by atoms with Crippen molar-refractivity contribution in [3.63, 3.8) is 0 Å². The lowest BCUT2D eigenvalue weighted by atomic mass is 10.1. The number of hydrogen-bond acceptors (Lipinski definition) is 2. The molecular weight excluding hydrogens is 106 g/mol. The molecule has 0 bridgehead atoms. The number of nitrogens with zero attached hydrogens (tertiary/aromatic N) is 1. The van der Waals surface area contributed by atoms with E-state index in [1.807, 2.05) is 11.9 Å². The molecular formula is C5H9NO2. The van der Waals surface area contributed by atoms with Gasteiger partial charge in [-0.25, -0.2) is 0 Å². The summed E-state index contributed by atoms with van der Waals surface area (Å²) in [6.45, 7) is 0.928. The maximum atomic E-state index is 10.2. The van der Waals surface area contributed by atoms with E-state index in [2.05, 4.69) is 0 Å². The second-order valence-electron chi connectivity index (χ2n) is 2.12. The number of likely N-dealkylation sites (tertiary alicyclic amines) is 1. The van der Waals surface area contributed by atoms with Crippen LogP contribution in [0.3, 0.4) is 0 Å². The van der Waals surface area contributed by atoms with Gasteiger partial charge in [0, 0.05) is 6.54 Å². The summed E-state index contributed by atoms with van der Waals surface area (Å²) in [5.74, 6) is -0.696. The van der Waals surface area contributed by atoms with E-state index in [9.17, 15) is 4.79 Å². The molecule has 0 aromatic rings.